The lowest BCUT2D eigenvalue weighted by molar-refractivity contribution is -0.140. The summed E-state index contributed by atoms with van der Waals surface area (Å²) >= 11 is 3.35. The molecule has 0 aliphatic carbocycles. The summed E-state index contributed by atoms with van der Waals surface area (Å²) in [6.45, 7) is 6.25. The van der Waals surface area contributed by atoms with Gasteiger partial charge in [0.15, 0.2) is 0 Å². The van der Waals surface area contributed by atoms with Gasteiger partial charge in [-0.2, -0.15) is 0 Å². The minimum Gasteiger partial charge on any atom is -0.468 e. The van der Waals surface area contributed by atoms with E-state index >= 15 is 0 Å². The monoisotopic (exact) mass is 263 g/mol. The van der Waals surface area contributed by atoms with E-state index in [1.807, 2.05) is 0 Å². The third-order valence-corrected chi connectivity index (χ3v) is 3.57. The minimum absolute atomic E-state index is 0.187. The molecule has 1 saturated heterocycles. The van der Waals surface area contributed by atoms with E-state index in [4.69, 9.17) is 0 Å². The van der Waals surface area contributed by atoms with E-state index in [2.05, 4.69) is 39.4 Å². The SMILES string of the molecule is COC(=O)C(Br)CN1CCCC1(C)C. The average Bonchev–Trinajstić information content (AvgIpc) is 2.44. The number of ether oxygens (including phenoxy) is 1. The van der Waals surface area contributed by atoms with Crippen LogP contribution >= 0.6 is 15.9 Å². The van der Waals surface area contributed by atoms with Gasteiger partial charge < -0.3 is 4.74 Å². The normalized spacial score (nSPS) is 23.4. The molecule has 1 rings (SSSR count). The lowest BCUT2D eigenvalue weighted by Gasteiger charge is -2.32. The Balaban J connectivity index is 2.48. The largest absolute Gasteiger partial charge is 0.468 e. The number of esters is 1. The van der Waals surface area contributed by atoms with Crippen molar-refractivity contribution in [1.82, 2.24) is 4.90 Å². The Hall–Kier alpha value is -0.0900. The van der Waals surface area contributed by atoms with Crippen molar-refractivity contribution in [3.63, 3.8) is 0 Å². The molecular formula is C10H18BrNO2. The second kappa shape index (κ2) is 4.62. The van der Waals surface area contributed by atoms with Gasteiger partial charge in [-0.3, -0.25) is 9.69 Å². The van der Waals surface area contributed by atoms with Gasteiger partial charge in [0, 0.05) is 12.1 Å². The van der Waals surface area contributed by atoms with Crippen LogP contribution < -0.4 is 0 Å². The summed E-state index contributed by atoms with van der Waals surface area (Å²) in [6.07, 6.45) is 2.42. The smallest absolute Gasteiger partial charge is 0.320 e. The number of rotatable bonds is 3. The average molecular weight is 264 g/mol. The van der Waals surface area contributed by atoms with Gasteiger partial charge >= 0.3 is 5.97 Å². The molecule has 3 nitrogen and oxygen atoms in total. The van der Waals surface area contributed by atoms with Crippen molar-refractivity contribution in [3.05, 3.63) is 0 Å². The fraction of sp³-hybridized carbons (Fsp3) is 0.900. The lowest BCUT2D eigenvalue weighted by Crippen LogP contribution is -2.43. The summed E-state index contributed by atoms with van der Waals surface area (Å²) in [5.41, 5.74) is 0.222. The van der Waals surface area contributed by atoms with E-state index in [1.54, 1.807) is 0 Å². The Labute approximate surface area is 93.9 Å². The number of hydrogen-bond acceptors (Lipinski definition) is 3. The van der Waals surface area contributed by atoms with Crippen molar-refractivity contribution in [3.8, 4) is 0 Å². The van der Waals surface area contributed by atoms with Gasteiger partial charge in [0.05, 0.1) is 7.11 Å². The quantitative estimate of drug-likeness (QED) is 0.575. The van der Waals surface area contributed by atoms with Crippen molar-refractivity contribution in [1.29, 1.82) is 0 Å². The fourth-order valence-electron chi connectivity index (χ4n) is 1.90. The molecule has 14 heavy (non-hydrogen) atoms. The lowest BCUT2D eigenvalue weighted by atomic mass is 10.0. The van der Waals surface area contributed by atoms with E-state index in [0.717, 1.165) is 13.1 Å². The van der Waals surface area contributed by atoms with E-state index in [9.17, 15) is 4.79 Å². The number of carbonyl (C=O) groups excluding carboxylic acids is 1. The standard InChI is InChI=1S/C10H18BrNO2/c1-10(2)5-4-6-12(10)7-8(11)9(13)14-3/h8H,4-7H2,1-3H3. The molecule has 0 radical (unpaired) electrons. The number of likely N-dealkylation sites (tertiary alicyclic amines) is 1. The summed E-state index contributed by atoms with van der Waals surface area (Å²) in [6, 6.07) is 0. The summed E-state index contributed by atoms with van der Waals surface area (Å²) in [5.74, 6) is -0.187. The van der Waals surface area contributed by atoms with Crippen LogP contribution in [-0.4, -0.2) is 41.4 Å². The summed E-state index contributed by atoms with van der Waals surface area (Å²) in [7, 11) is 1.42. The number of halogens is 1. The molecule has 1 unspecified atom stereocenters. The van der Waals surface area contributed by atoms with Gasteiger partial charge in [-0.05, 0) is 33.2 Å². The minimum atomic E-state index is -0.204. The molecule has 0 N–H and O–H groups in total. The highest BCUT2D eigenvalue weighted by Crippen LogP contribution is 2.28. The Bertz CT molecular complexity index is 218. The molecule has 0 spiro atoms. The maximum absolute atomic E-state index is 11.2. The van der Waals surface area contributed by atoms with Gasteiger partial charge in [-0.25, -0.2) is 0 Å². The second-order valence-corrected chi connectivity index (χ2v) is 5.46. The maximum atomic E-state index is 11.2. The Morgan fingerprint density at radius 3 is 2.71 bits per heavy atom. The van der Waals surface area contributed by atoms with Crippen molar-refractivity contribution >= 4 is 21.9 Å². The van der Waals surface area contributed by atoms with Crippen LogP contribution in [0.25, 0.3) is 0 Å². The molecule has 0 aromatic heterocycles. The molecule has 0 amide bonds. The molecule has 0 aromatic carbocycles. The highest BCUT2D eigenvalue weighted by atomic mass is 79.9. The van der Waals surface area contributed by atoms with Crippen LogP contribution in [0.15, 0.2) is 0 Å². The van der Waals surface area contributed by atoms with Gasteiger partial charge in [0.2, 0.25) is 0 Å². The van der Waals surface area contributed by atoms with E-state index in [0.29, 0.717) is 0 Å². The summed E-state index contributed by atoms with van der Waals surface area (Å²) < 4.78 is 4.68. The molecule has 1 aliphatic rings. The van der Waals surface area contributed by atoms with Crippen LogP contribution in [0.2, 0.25) is 0 Å². The van der Waals surface area contributed by atoms with Gasteiger partial charge in [0.25, 0.3) is 0 Å². The molecule has 1 heterocycles. The van der Waals surface area contributed by atoms with Crippen LogP contribution in [0.1, 0.15) is 26.7 Å². The molecule has 1 atom stereocenters. The predicted molar refractivity (Wildman–Crippen MR) is 59.6 cm³/mol. The van der Waals surface area contributed by atoms with Crippen LogP contribution in [-0.2, 0) is 9.53 Å². The fourth-order valence-corrected chi connectivity index (χ4v) is 2.43. The van der Waals surface area contributed by atoms with Crippen LogP contribution in [0.5, 0.6) is 0 Å². The molecule has 0 saturated carbocycles. The summed E-state index contributed by atoms with van der Waals surface area (Å²) in [4.78, 5) is 13.3. The van der Waals surface area contributed by atoms with Crippen LogP contribution in [0, 0.1) is 0 Å². The third kappa shape index (κ3) is 2.70. The topological polar surface area (TPSA) is 29.5 Å². The number of nitrogens with zero attached hydrogens (tertiary/aromatic N) is 1. The van der Waals surface area contributed by atoms with Crippen molar-refractivity contribution in [2.75, 3.05) is 20.2 Å². The van der Waals surface area contributed by atoms with E-state index < -0.39 is 0 Å². The van der Waals surface area contributed by atoms with Gasteiger partial charge in [0.1, 0.15) is 4.83 Å². The maximum Gasteiger partial charge on any atom is 0.320 e. The zero-order chi connectivity index (χ0) is 10.8. The first-order valence-electron chi connectivity index (χ1n) is 4.94. The first kappa shape index (κ1) is 12.0. The zero-order valence-electron chi connectivity index (χ0n) is 9.05. The highest BCUT2D eigenvalue weighted by Gasteiger charge is 2.34. The Kier molecular flexibility index (Phi) is 3.95. The molecule has 0 bridgehead atoms. The zero-order valence-corrected chi connectivity index (χ0v) is 10.6. The number of hydrogen-bond donors (Lipinski definition) is 0. The molecule has 4 heteroatoms. The predicted octanol–water partition coefficient (Wildman–Crippen LogP) is 1.80. The second-order valence-electron chi connectivity index (χ2n) is 4.35. The molecule has 1 fully saturated rings. The van der Waals surface area contributed by atoms with Crippen LogP contribution in [0.3, 0.4) is 0 Å². The highest BCUT2D eigenvalue weighted by molar-refractivity contribution is 9.10. The number of methoxy groups -OCH3 is 1. The molecule has 82 valence electrons. The summed E-state index contributed by atoms with van der Waals surface area (Å²) in [5, 5.41) is 0. The van der Waals surface area contributed by atoms with Crippen molar-refractivity contribution in [2.24, 2.45) is 0 Å². The first-order valence-corrected chi connectivity index (χ1v) is 5.86. The first-order chi connectivity index (χ1) is 6.47. The molecule has 1 aliphatic heterocycles. The molecular weight excluding hydrogens is 246 g/mol. The van der Waals surface area contributed by atoms with Gasteiger partial charge in [-0.15, -0.1) is 0 Å². The Morgan fingerprint density at radius 1 is 1.64 bits per heavy atom. The molecule has 0 aromatic rings. The number of alkyl halides is 1. The van der Waals surface area contributed by atoms with Crippen LogP contribution in [0.4, 0.5) is 0 Å². The Morgan fingerprint density at radius 2 is 2.29 bits per heavy atom. The van der Waals surface area contributed by atoms with Crippen molar-refractivity contribution < 1.29 is 9.53 Å². The van der Waals surface area contributed by atoms with E-state index in [-0.39, 0.29) is 16.3 Å². The third-order valence-electron chi connectivity index (χ3n) is 2.91. The van der Waals surface area contributed by atoms with E-state index in [1.165, 1.54) is 20.0 Å². The van der Waals surface area contributed by atoms with Crippen molar-refractivity contribution in [2.45, 2.75) is 37.1 Å². The van der Waals surface area contributed by atoms with Gasteiger partial charge in [-0.1, -0.05) is 15.9 Å². The number of carbonyl (C=O) groups is 1.